The highest BCUT2D eigenvalue weighted by molar-refractivity contribution is 6.09. The van der Waals surface area contributed by atoms with Gasteiger partial charge in [0.05, 0.1) is 0 Å². The first-order valence-electron chi connectivity index (χ1n) is 20.4. The van der Waals surface area contributed by atoms with E-state index >= 15 is 0 Å². The van der Waals surface area contributed by atoms with E-state index in [4.69, 9.17) is 19.7 Å². The maximum atomic E-state index is 6.72. The molecule has 11 rings (SSSR count). The molecule has 288 valence electrons. The Morgan fingerprint density at radius 1 is 0.295 bits per heavy atom. The molecule has 0 N–H and O–H groups in total. The van der Waals surface area contributed by atoms with Crippen LogP contribution in [0.3, 0.4) is 0 Å². The van der Waals surface area contributed by atoms with E-state index in [9.17, 15) is 0 Å². The molecule has 0 amide bonds. The maximum Gasteiger partial charge on any atom is 0.164 e. The van der Waals surface area contributed by atoms with Gasteiger partial charge in [-0.3, -0.25) is 0 Å². The first-order chi connectivity index (χ1) is 30.2. The highest BCUT2D eigenvalue weighted by atomic mass is 16.5. The van der Waals surface area contributed by atoms with E-state index in [2.05, 4.69) is 155 Å². The van der Waals surface area contributed by atoms with Gasteiger partial charge in [-0.25, -0.2) is 15.0 Å². The fourth-order valence-electron chi connectivity index (χ4n) is 8.26. The molecule has 0 unspecified atom stereocenters. The topological polar surface area (TPSA) is 54.4 Å². The number of fused-ring (bicyclic) bond motifs is 2. The van der Waals surface area contributed by atoms with Gasteiger partial charge in [-0.1, -0.05) is 133 Å². The van der Waals surface area contributed by atoms with E-state index in [1.165, 1.54) is 0 Å². The molecule has 6 heteroatoms. The molecule has 0 saturated heterocycles. The van der Waals surface area contributed by atoms with Crippen LogP contribution >= 0.6 is 0 Å². The van der Waals surface area contributed by atoms with Crippen molar-refractivity contribution in [3.05, 3.63) is 224 Å². The van der Waals surface area contributed by atoms with Crippen LogP contribution in [0.4, 0.5) is 34.1 Å². The zero-order valence-corrected chi connectivity index (χ0v) is 33.0. The van der Waals surface area contributed by atoms with E-state index in [0.29, 0.717) is 17.5 Å². The van der Waals surface area contributed by atoms with Crippen LogP contribution in [-0.2, 0) is 0 Å². The lowest BCUT2D eigenvalue weighted by molar-refractivity contribution is 0.487. The highest BCUT2D eigenvalue weighted by Crippen LogP contribution is 2.50. The van der Waals surface area contributed by atoms with Crippen molar-refractivity contribution in [2.45, 2.75) is 0 Å². The number of para-hydroxylation sites is 3. The summed E-state index contributed by atoms with van der Waals surface area (Å²) in [6.45, 7) is 0. The van der Waals surface area contributed by atoms with Crippen molar-refractivity contribution in [3.63, 3.8) is 0 Å². The molecule has 61 heavy (non-hydrogen) atoms. The van der Waals surface area contributed by atoms with E-state index in [1.807, 2.05) is 78.9 Å². The van der Waals surface area contributed by atoms with Gasteiger partial charge in [0.2, 0.25) is 0 Å². The number of ether oxygens (including phenoxy) is 1. The molecule has 9 aromatic carbocycles. The normalized spacial score (nSPS) is 11.4. The molecule has 0 spiro atoms. The number of aromatic nitrogens is 3. The van der Waals surface area contributed by atoms with Crippen molar-refractivity contribution in [3.8, 4) is 56.8 Å². The molecular weight excluding hydrogens is 747 g/mol. The minimum Gasteiger partial charge on any atom is -0.456 e. The van der Waals surface area contributed by atoms with Gasteiger partial charge >= 0.3 is 0 Å². The molecular formula is C55H37N5O. The summed E-state index contributed by atoms with van der Waals surface area (Å²) >= 11 is 0. The summed E-state index contributed by atoms with van der Waals surface area (Å²) in [7, 11) is 0. The Kier molecular flexibility index (Phi) is 9.06. The van der Waals surface area contributed by atoms with Crippen molar-refractivity contribution in [2.24, 2.45) is 0 Å². The first-order valence-corrected chi connectivity index (χ1v) is 20.4. The van der Waals surface area contributed by atoms with Crippen molar-refractivity contribution >= 4 is 44.9 Å². The van der Waals surface area contributed by atoms with Crippen molar-refractivity contribution in [1.29, 1.82) is 0 Å². The van der Waals surface area contributed by atoms with Crippen molar-refractivity contribution < 1.29 is 4.74 Å². The van der Waals surface area contributed by atoms with Crippen LogP contribution in [0.25, 0.3) is 56.1 Å². The van der Waals surface area contributed by atoms with Gasteiger partial charge in [-0.15, -0.1) is 0 Å². The van der Waals surface area contributed by atoms with Crippen molar-refractivity contribution in [1.82, 2.24) is 15.0 Å². The number of benzene rings is 9. The monoisotopic (exact) mass is 783 g/mol. The van der Waals surface area contributed by atoms with Gasteiger partial charge in [0, 0.05) is 61.8 Å². The van der Waals surface area contributed by atoms with Crippen LogP contribution in [-0.4, -0.2) is 15.0 Å². The number of hydrogen-bond acceptors (Lipinski definition) is 6. The van der Waals surface area contributed by atoms with E-state index in [0.717, 1.165) is 84.2 Å². The molecule has 1 aliphatic rings. The fraction of sp³-hybridized carbons (Fsp3) is 0. The minimum atomic E-state index is 0.604. The van der Waals surface area contributed by atoms with Crippen LogP contribution in [0.5, 0.6) is 11.5 Å². The summed E-state index contributed by atoms with van der Waals surface area (Å²) in [5.74, 6) is 3.45. The van der Waals surface area contributed by atoms with Crippen LogP contribution in [0.2, 0.25) is 0 Å². The molecule has 1 aliphatic heterocycles. The van der Waals surface area contributed by atoms with Gasteiger partial charge < -0.3 is 14.5 Å². The lowest BCUT2D eigenvalue weighted by atomic mass is 9.92. The molecule has 0 fully saturated rings. The maximum absolute atomic E-state index is 6.72. The Hall–Kier alpha value is -8.35. The average Bonchev–Trinajstić information content (AvgIpc) is 3.34. The van der Waals surface area contributed by atoms with Gasteiger partial charge in [0.15, 0.2) is 17.5 Å². The lowest BCUT2D eigenvalue weighted by Gasteiger charge is -2.29. The molecule has 0 bridgehead atoms. The highest BCUT2D eigenvalue weighted by Gasteiger charge is 2.25. The second kappa shape index (κ2) is 15.4. The molecule has 0 aliphatic carbocycles. The summed E-state index contributed by atoms with van der Waals surface area (Å²) in [4.78, 5) is 19.7. The molecule has 10 aromatic rings. The largest absolute Gasteiger partial charge is 0.456 e. The molecule has 1 aromatic heterocycles. The number of rotatable bonds is 9. The van der Waals surface area contributed by atoms with Gasteiger partial charge in [0.1, 0.15) is 11.5 Å². The second-order valence-electron chi connectivity index (χ2n) is 14.9. The van der Waals surface area contributed by atoms with Gasteiger partial charge in [-0.2, -0.15) is 0 Å². The summed E-state index contributed by atoms with van der Waals surface area (Å²) in [6, 6.07) is 77.4. The lowest BCUT2D eigenvalue weighted by Crippen LogP contribution is -2.12. The second-order valence-corrected chi connectivity index (χ2v) is 14.9. The quantitative estimate of drug-likeness (QED) is 0.145. The Labute approximate surface area is 354 Å². The molecule has 0 radical (unpaired) electrons. The third-order valence-electron chi connectivity index (χ3n) is 11.1. The van der Waals surface area contributed by atoms with Crippen LogP contribution in [0.15, 0.2) is 224 Å². The summed E-state index contributed by atoms with van der Waals surface area (Å²) in [6.07, 6.45) is 0. The minimum absolute atomic E-state index is 0.604. The number of hydrogen-bond donors (Lipinski definition) is 0. The third-order valence-corrected chi connectivity index (χ3v) is 11.1. The van der Waals surface area contributed by atoms with Gasteiger partial charge in [-0.05, 0) is 102 Å². The number of nitrogens with zero attached hydrogens (tertiary/aromatic N) is 5. The fourth-order valence-corrected chi connectivity index (χ4v) is 8.26. The molecule has 0 atom stereocenters. The van der Waals surface area contributed by atoms with E-state index < -0.39 is 0 Å². The summed E-state index contributed by atoms with van der Waals surface area (Å²) < 4.78 is 6.72. The van der Waals surface area contributed by atoms with Gasteiger partial charge in [0.25, 0.3) is 0 Å². The zero-order chi connectivity index (χ0) is 40.5. The van der Waals surface area contributed by atoms with Crippen LogP contribution in [0.1, 0.15) is 0 Å². The average molecular weight is 784 g/mol. The van der Waals surface area contributed by atoms with Crippen LogP contribution < -0.4 is 14.5 Å². The Morgan fingerprint density at radius 2 is 0.721 bits per heavy atom. The smallest absolute Gasteiger partial charge is 0.164 e. The Bertz CT molecular complexity index is 3050. The zero-order valence-electron chi connectivity index (χ0n) is 33.0. The predicted molar refractivity (Wildman–Crippen MR) is 249 cm³/mol. The number of anilines is 6. The Morgan fingerprint density at radius 3 is 1.25 bits per heavy atom. The van der Waals surface area contributed by atoms with E-state index in [-0.39, 0.29) is 0 Å². The van der Waals surface area contributed by atoms with Crippen LogP contribution in [0, 0.1) is 0 Å². The predicted octanol–water partition coefficient (Wildman–Crippen LogP) is 14.7. The SMILES string of the molecule is c1ccc(-c2nc(-c3ccccc3)nc(-c3ccc4c5c(cccc35)-c3cc(N(c5ccccc5)c5ccc(N(c6ccccc6)c6ccccc6)cc5)ccc3O4)n2)cc1. The summed E-state index contributed by atoms with van der Waals surface area (Å²) in [5.41, 5.74) is 11.2. The molecule has 6 nitrogen and oxygen atoms in total. The van der Waals surface area contributed by atoms with Crippen molar-refractivity contribution in [2.75, 3.05) is 9.80 Å². The molecule has 0 saturated carbocycles. The Balaban J connectivity index is 1.02. The standard InChI is InChI=1S/C55H37N5O/c1-6-17-38(18-7-1)53-56-54(39-19-8-2-9-20-39)58-55(57-53)48-34-36-51-52-46(48)27-16-28-47(52)49-37-45(33-35-50(49)61-51)60(42-25-14-5-15-26-42)44-31-29-43(30-32-44)59(40-21-10-3-11-22-40)41-23-12-4-13-24-41/h1-37H. The van der Waals surface area contributed by atoms with E-state index in [1.54, 1.807) is 0 Å². The first kappa shape index (κ1) is 35.8. The third kappa shape index (κ3) is 6.72. The molecule has 2 heterocycles. The summed E-state index contributed by atoms with van der Waals surface area (Å²) in [5, 5.41) is 2.03.